The molecule has 0 saturated carbocycles. The number of H-pyrrole nitrogens is 1. The lowest BCUT2D eigenvalue weighted by Crippen LogP contribution is -2.40. The maximum Gasteiger partial charge on any atom is 0.332 e. The van der Waals surface area contributed by atoms with Gasteiger partial charge in [0.25, 0.3) is 5.56 Å². The molecule has 1 aromatic carbocycles. The second-order valence-electron chi connectivity index (χ2n) is 7.63. The van der Waals surface area contributed by atoms with E-state index in [2.05, 4.69) is 15.0 Å². The molecule has 5 rings (SSSR count). The van der Waals surface area contributed by atoms with Gasteiger partial charge in [-0.05, 0) is 18.2 Å². The number of hydrogen-bond donors (Lipinski definition) is 1. The molecule has 0 amide bonds. The third-order valence-corrected chi connectivity index (χ3v) is 7.54. The number of sulfonamides is 1. The molecule has 1 aliphatic heterocycles. The number of morpholine rings is 1. The van der Waals surface area contributed by atoms with Crippen LogP contribution < -0.4 is 11.2 Å². The van der Waals surface area contributed by atoms with Gasteiger partial charge in [-0.25, -0.2) is 23.2 Å². The highest BCUT2D eigenvalue weighted by atomic mass is 32.2. The summed E-state index contributed by atoms with van der Waals surface area (Å²) in [6.07, 6.45) is 1.48. The van der Waals surface area contributed by atoms with Crippen LogP contribution in [0.2, 0.25) is 0 Å². The Morgan fingerprint density at radius 2 is 1.88 bits per heavy atom. The molecule has 168 valence electrons. The second kappa shape index (κ2) is 7.39. The molecular formula is C19H21N7O5S. The minimum Gasteiger partial charge on any atom is -0.379 e. The maximum atomic E-state index is 12.9. The summed E-state index contributed by atoms with van der Waals surface area (Å²) in [6, 6.07) is 4.75. The third kappa shape index (κ3) is 3.16. The van der Waals surface area contributed by atoms with Crippen molar-refractivity contribution in [2.75, 3.05) is 26.3 Å². The van der Waals surface area contributed by atoms with Gasteiger partial charge in [0, 0.05) is 27.2 Å². The highest BCUT2D eigenvalue weighted by molar-refractivity contribution is 7.89. The maximum absolute atomic E-state index is 12.9. The molecule has 0 aliphatic carbocycles. The highest BCUT2D eigenvalue weighted by Gasteiger charge is 2.26. The van der Waals surface area contributed by atoms with Crippen molar-refractivity contribution in [2.24, 2.45) is 14.1 Å². The van der Waals surface area contributed by atoms with Gasteiger partial charge in [0.05, 0.1) is 42.0 Å². The van der Waals surface area contributed by atoms with E-state index in [0.717, 1.165) is 4.57 Å². The van der Waals surface area contributed by atoms with Gasteiger partial charge in [-0.2, -0.15) is 4.31 Å². The molecule has 1 fully saturated rings. The molecule has 0 bridgehead atoms. The molecule has 0 atom stereocenters. The van der Waals surface area contributed by atoms with E-state index in [1.165, 1.54) is 28.3 Å². The van der Waals surface area contributed by atoms with Crippen LogP contribution in [0.5, 0.6) is 0 Å². The molecule has 0 unspecified atom stereocenters. The quantitative estimate of drug-likeness (QED) is 0.429. The molecule has 1 N–H and O–H groups in total. The fraction of sp³-hybridized carbons (Fsp3) is 0.368. The van der Waals surface area contributed by atoms with Gasteiger partial charge in [-0.1, -0.05) is 0 Å². The van der Waals surface area contributed by atoms with E-state index in [9.17, 15) is 18.0 Å². The van der Waals surface area contributed by atoms with E-state index in [1.807, 2.05) is 0 Å². The van der Waals surface area contributed by atoms with Crippen LogP contribution in [0.3, 0.4) is 0 Å². The van der Waals surface area contributed by atoms with Gasteiger partial charge in [0.1, 0.15) is 5.82 Å². The lowest BCUT2D eigenvalue weighted by atomic mass is 10.3. The van der Waals surface area contributed by atoms with E-state index in [4.69, 9.17) is 4.74 Å². The summed E-state index contributed by atoms with van der Waals surface area (Å²) in [7, 11) is -0.658. The van der Waals surface area contributed by atoms with Gasteiger partial charge in [-0.15, -0.1) is 0 Å². The lowest BCUT2D eigenvalue weighted by molar-refractivity contribution is 0.0730. The van der Waals surface area contributed by atoms with E-state index in [0.29, 0.717) is 43.2 Å². The SMILES string of the molecule is Cn1c(=O)c2c(ncn2Cc2nc3ccc(S(=O)(=O)N4CCOCC4)cc3[nH]2)n(C)c1=O. The minimum absolute atomic E-state index is 0.180. The number of aromatic amines is 1. The van der Waals surface area contributed by atoms with Crippen molar-refractivity contribution >= 4 is 32.2 Å². The Balaban J connectivity index is 1.52. The fourth-order valence-corrected chi connectivity index (χ4v) is 5.33. The molecule has 1 aliphatic rings. The van der Waals surface area contributed by atoms with Gasteiger partial charge in [0.15, 0.2) is 11.2 Å². The fourth-order valence-electron chi connectivity index (χ4n) is 3.89. The van der Waals surface area contributed by atoms with Crippen molar-refractivity contribution in [3.8, 4) is 0 Å². The normalized spacial score (nSPS) is 15.7. The number of nitrogens with zero attached hydrogens (tertiary/aromatic N) is 6. The monoisotopic (exact) mass is 459 g/mol. The summed E-state index contributed by atoms with van der Waals surface area (Å²) >= 11 is 0. The van der Waals surface area contributed by atoms with Crippen LogP contribution in [0.1, 0.15) is 5.82 Å². The summed E-state index contributed by atoms with van der Waals surface area (Å²) in [6.45, 7) is 1.59. The van der Waals surface area contributed by atoms with Crippen LogP contribution in [0.15, 0.2) is 39.0 Å². The van der Waals surface area contributed by atoms with E-state index >= 15 is 0 Å². The number of imidazole rings is 2. The summed E-state index contributed by atoms with van der Waals surface area (Å²) in [5, 5.41) is 0. The van der Waals surface area contributed by atoms with Crippen molar-refractivity contribution in [1.29, 1.82) is 0 Å². The molecule has 13 heteroatoms. The largest absolute Gasteiger partial charge is 0.379 e. The predicted molar refractivity (Wildman–Crippen MR) is 115 cm³/mol. The van der Waals surface area contributed by atoms with Crippen LogP contribution in [-0.2, 0) is 35.4 Å². The van der Waals surface area contributed by atoms with Gasteiger partial charge < -0.3 is 14.3 Å². The number of fused-ring (bicyclic) bond motifs is 2. The molecule has 0 radical (unpaired) electrons. The molecule has 32 heavy (non-hydrogen) atoms. The van der Waals surface area contributed by atoms with E-state index in [-0.39, 0.29) is 22.6 Å². The average molecular weight is 459 g/mol. The standard InChI is InChI=1S/C19H21N7O5S/c1-23-17-16(18(27)24(2)19(23)28)25(11-20-17)10-15-21-13-4-3-12(9-14(13)22-15)32(29,30)26-5-7-31-8-6-26/h3-4,9,11H,5-8,10H2,1-2H3,(H,21,22). The summed E-state index contributed by atoms with van der Waals surface area (Å²) in [5.41, 5.74) is 0.838. The Morgan fingerprint density at radius 3 is 2.62 bits per heavy atom. The number of aryl methyl sites for hydroxylation is 1. The number of aromatic nitrogens is 6. The Hall–Kier alpha value is -3.29. The van der Waals surface area contributed by atoms with Crippen molar-refractivity contribution in [1.82, 2.24) is 33.0 Å². The van der Waals surface area contributed by atoms with Gasteiger partial charge in [-0.3, -0.25) is 13.9 Å². The first-order valence-corrected chi connectivity index (χ1v) is 11.4. The first-order chi connectivity index (χ1) is 15.3. The summed E-state index contributed by atoms with van der Waals surface area (Å²) < 4.78 is 36.5. The molecule has 1 saturated heterocycles. The molecular weight excluding hydrogens is 438 g/mol. The smallest absolute Gasteiger partial charge is 0.332 e. The number of rotatable bonds is 4. The Labute approximate surface area is 181 Å². The number of ether oxygens (including phenoxy) is 1. The van der Waals surface area contributed by atoms with Crippen LogP contribution >= 0.6 is 0 Å². The molecule has 3 aromatic heterocycles. The van der Waals surface area contributed by atoms with E-state index in [1.54, 1.807) is 23.7 Å². The van der Waals surface area contributed by atoms with Crippen LogP contribution in [0.25, 0.3) is 22.2 Å². The number of nitrogens with one attached hydrogen (secondary N) is 1. The van der Waals surface area contributed by atoms with Crippen molar-refractivity contribution in [3.63, 3.8) is 0 Å². The number of benzene rings is 1. The van der Waals surface area contributed by atoms with Gasteiger partial charge >= 0.3 is 5.69 Å². The molecule has 4 heterocycles. The van der Waals surface area contributed by atoms with Crippen LogP contribution in [-0.4, -0.2) is 67.7 Å². The summed E-state index contributed by atoms with van der Waals surface area (Å²) in [5.74, 6) is 0.524. The molecule has 0 spiro atoms. The third-order valence-electron chi connectivity index (χ3n) is 5.65. The van der Waals surface area contributed by atoms with Crippen LogP contribution in [0, 0.1) is 0 Å². The topological polar surface area (TPSA) is 137 Å². The zero-order valence-electron chi connectivity index (χ0n) is 17.5. The van der Waals surface area contributed by atoms with Crippen LogP contribution in [0.4, 0.5) is 0 Å². The van der Waals surface area contributed by atoms with Crippen molar-refractivity contribution in [3.05, 3.63) is 51.2 Å². The summed E-state index contributed by atoms with van der Waals surface area (Å²) in [4.78, 5) is 36.8. The number of hydrogen-bond acceptors (Lipinski definition) is 7. The molecule has 4 aromatic rings. The Morgan fingerprint density at radius 1 is 1.12 bits per heavy atom. The minimum atomic E-state index is -3.63. The first kappa shape index (κ1) is 20.6. The Bertz CT molecular complexity index is 1570. The average Bonchev–Trinajstić information content (AvgIpc) is 3.40. The van der Waals surface area contributed by atoms with E-state index < -0.39 is 21.3 Å². The molecule has 12 nitrogen and oxygen atoms in total. The van der Waals surface area contributed by atoms with Gasteiger partial charge in [0.2, 0.25) is 10.0 Å². The van der Waals surface area contributed by atoms with Crippen molar-refractivity contribution in [2.45, 2.75) is 11.4 Å². The zero-order valence-corrected chi connectivity index (χ0v) is 18.3. The second-order valence-corrected chi connectivity index (χ2v) is 9.57. The lowest BCUT2D eigenvalue weighted by Gasteiger charge is -2.25. The Kier molecular flexibility index (Phi) is 4.76. The highest BCUT2D eigenvalue weighted by Crippen LogP contribution is 2.22. The first-order valence-electron chi connectivity index (χ1n) is 9.95. The van der Waals surface area contributed by atoms with Crippen molar-refractivity contribution < 1.29 is 13.2 Å². The predicted octanol–water partition coefficient (Wildman–Crippen LogP) is -0.621. The zero-order chi connectivity index (χ0) is 22.6.